The van der Waals surface area contributed by atoms with Crippen molar-refractivity contribution in [1.29, 1.82) is 0 Å². The molecule has 0 unspecified atom stereocenters. The monoisotopic (exact) mass is 326 g/mol. The Kier molecular flexibility index (Phi) is 4.39. The van der Waals surface area contributed by atoms with E-state index in [0.29, 0.717) is 6.54 Å². The standard InChI is InChI=1S/C18H18N2O2S/c1-12-8-9-15(13(2)10-12)19-16-17(21)20(18(22)23-16)11-14-6-4-3-5-7-14/h3-10,16,19H,11H2,1-2H3/t16-/m1/s1. The Morgan fingerprint density at radius 3 is 2.52 bits per heavy atom. The fourth-order valence-electron chi connectivity index (χ4n) is 2.56. The molecule has 4 nitrogen and oxygen atoms in total. The fraction of sp³-hybridized carbons (Fsp3) is 0.222. The first kappa shape index (κ1) is 15.6. The zero-order chi connectivity index (χ0) is 16.4. The molecule has 1 heterocycles. The summed E-state index contributed by atoms with van der Waals surface area (Å²) in [5.41, 5.74) is 4.06. The number of imide groups is 1. The Morgan fingerprint density at radius 1 is 1.09 bits per heavy atom. The number of anilines is 1. The average Bonchev–Trinajstić information content (AvgIpc) is 2.79. The number of benzene rings is 2. The van der Waals surface area contributed by atoms with Gasteiger partial charge in [-0.25, -0.2) is 0 Å². The van der Waals surface area contributed by atoms with E-state index < -0.39 is 5.37 Å². The molecule has 3 rings (SSSR count). The highest BCUT2D eigenvalue weighted by Crippen LogP contribution is 2.30. The highest BCUT2D eigenvalue weighted by Gasteiger charge is 2.39. The first-order chi connectivity index (χ1) is 11.0. The van der Waals surface area contributed by atoms with Crippen LogP contribution in [0, 0.1) is 13.8 Å². The van der Waals surface area contributed by atoms with Gasteiger partial charge < -0.3 is 5.32 Å². The number of carbonyl (C=O) groups excluding carboxylic acids is 2. The Balaban J connectivity index is 1.73. The molecule has 0 aliphatic carbocycles. The molecule has 2 aromatic carbocycles. The quantitative estimate of drug-likeness (QED) is 0.924. The number of aryl methyl sites for hydroxylation is 2. The van der Waals surface area contributed by atoms with Crippen molar-refractivity contribution in [1.82, 2.24) is 4.90 Å². The third kappa shape index (κ3) is 3.40. The molecule has 1 atom stereocenters. The largest absolute Gasteiger partial charge is 0.365 e. The van der Waals surface area contributed by atoms with Gasteiger partial charge >= 0.3 is 0 Å². The lowest BCUT2D eigenvalue weighted by atomic mass is 10.1. The molecule has 0 radical (unpaired) electrons. The molecular formula is C18H18N2O2S. The van der Waals surface area contributed by atoms with Crippen LogP contribution in [-0.2, 0) is 11.3 Å². The molecule has 2 aromatic rings. The zero-order valence-corrected chi connectivity index (χ0v) is 13.9. The second kappa shape index (κ2) is 6.46. The number of thioether (sulfide) groups is 1. The molecule has 0 saturated carbocycles. The maximum Gasteiger partial charge on any atom is 0.291 e. The summed E-state index contributed by atoms with van der Waals surface area (Å²) in [7, 11) is 0. The molecule has 2 amide bonds. The smallest absolute Gasteiger partial charge is 0.291 e. The number of nitrogens with zero attached hydrogens (tertiary/aromatic N) is 1. The normalized spacial score (nSPS) is 17.7. The van der Waals surface area contributed by atoms with Gasteiger partial charge in [0.2, 0.25) is 0 Å². The third-order valence-electron chi connectivity index (χ3n) is 3.78. The molecule has 0 aromatic heterocycles. The predicted molar refractivity (Wildman–Crippen MR) is 93.3 cm³/mol. The van der Waals surface area contributed by atoms with Gasteiger partial charge in [-0.15, -0.1) is 0 Å². The molecule has 1 aliphatic heterocycles. The van der Waals surface area contributed by atoms with Crippen LogP contribution in [0.4, 0.5) is 10.5 Å². The van der Waals surface area contributed by atoms with Crippen LogP contribution in [0.5, 0.6) is 0 Å². The van der Waals surface area contributed by atoms with Crippen molar-refractivity contribution in [2.24, 2.45) is 0 Å². The van der Waals surface area contributed by atoms with Crippen molar-refractivity contribution >= 4 is 28.6 Å². The van der Waals surface area contributed by atoms with E-state index in [1.54, 1.807) is 0 Å². The summed E-state index contributed by atoms with van der Waals surface area (Å²) in [6.07, 6.45) is 0. The first-order valence-electron chi connectivity index (χ1n) is 7.44. The lowest BCUT2D eigenvalue weighted by Gasteiger charge is -2.16. The van der Waals surface area contributed by atoms with Crippen molar-refractivity contribution in [3.63, 3.8) is 0 Å². The number of rotatable bonds is 4. The van der Waals surface area contributed by atoms with Gasteiger partial charge in [-0.05, 0) is 42.8 Å². The SMILES string of the molecule is Cc1ccc(N[C@@H]2SC(=O)N(Cc3ccccc3)C2=O)c(C)c1. The van der Waals surface area contributed by atoms with Crippen LogP contribution in [0.15, 0.2) is 48.5 Å². The van der Waals surface area contributed by atoms with E-state index in [0.717, 1.165) is 28.6 Å². The molecule has 1 fully saturated rings. The van der Waals surface area contributed by atoms with Crippen LogP contribution in [-0.4, -0.2) is 21.4 Å². The molecular weight excluding hydrogens is 308 g/mol. The minimum Gasteiger partial charge on any atom is -0.365 e. The minimum atomic E-state index is -0.562. The molecule has 118 valence electrons. The number of nitrogens with one attached hydrogen (secondary N) is 1. The van der Waals surface area contributed by atoms with E-state index in [1.807, 2.05) is 56.3 Å². The minimum absolute atomic E-state index is 0.191. The number of hydrogen-bond acceptors (Lipinski definition) is 4. The Morgan fingerprint density at radius 2 is 1.83 bits per heavy atom. The van der Waals surface area contributed by atoms with Gasteiger partial charge in [0.15, 0.2) is 5.37 Å². The van der Waals surface area contributed by atoms with E-state index in [-0.39, 0.29) is 11.1 Å². The van der Waals surface area contributed by atoms with Gasteiger partial charge in [0.05, 0.1) is 6.54 Å². The molecule has 0 bridgehead atoms. The Bertz CT molecular complexity index is 746. The van der Waals surface area contributed by atoms with Gasteiger partial charge in [0.1, 0.15) is 0 Å². The first-order valence-corrected chi connectivity index (χ1v) is 8.32. The highest BCUT2D eigenvalue weighted by molar-refractivity contribution is 8.15. The second-order valence-corrected chi connectivity index (χ2v) is 6.69. The molecule has 0 spiro atoms. The maximum atomic E-state index is 12.5. The molecule has 1 aliphatic rings. The second-order valence-electron chi connectivity index (χ2n) is 5.64. The lowest BCUT2D eigenvalue weighted by molar-refractivity contribution is -0.126. The fourth-order valence-corrected chi connectivity index (χ4v) is 3.46. The summed E-state index contributed by atoms with van der Waals surface area (Å²) >= 11 is 1.04. The maximum absolute atomic E-state index is 12.5. The summed E-state index contributed by atoms with van der Waals surface area (Å²) in [4.78, 5) is 26.0. The van der Waals surface area contributed by atoms with Gasteiger partial charge in [0.25, 0.3) is 11.1 Å². The van der Waals surface area contributed by atoms with Crippen LogP contribution < -0.4 is 5.32 Å². The van der Waals surface area contributed by atoms with Crippen molar-refractivity contribution in [2.45, 2.75) is 25.8 Å². The summed E-state index contributed by atoms with van der Waals surface area (Å²) in [6.45, 7) is 4.33. The van der Waals surface area contributed by atoms with E-state index in [4.69, 9.17) is 0 Å². The van der Waals surface area contributed by atoms with E-state index >= 15 is 0 Å². The van der Waals surface area contributed by atoms with E-state index in [9.17, 15) is 9.59 Å². The van der Waals surface area contributed by atoms with Crippen LogP contribution >= 0.6 is 11.8 Å². The van der Waals surface area contributed by atoms with Crippen molar-refractivity contribution < 1.29 is 9.59 Å². The van der Waals surface area contributed by atoms with Gasteiger partial charge in [0, 0.05) is 5.69 Å². The van der Waals surface area contributed by atoms with Crippen molar-refractivity contribution in [3.8, 4) is 0 Å². The molecule has 1 N–H and O–H groups in total. The van der Waals surface area contributed by atoms with Gasteiger partial charge in [-0.3, -0.25) is 14.5 Å². The highest BCUT2D eigenvalue weighted by atomic mass is 32.2. The Labute approximate surface area is 139 Å². The third-order valence-corrected chi connectivity index (χ3v) is 4.76. The molecule has 1 saturated heterocycles. The average molecular weight is 326 g/mol. The summed E-state index contributed by atoms with van der Waals surface area (Å²) in [5, 5.41) is 2.41. The number of carbonyl (C=O) groups is 2. The van der Waals surface area contributed by atoms with Crippen LogP contribution in [0.25, 0.3) is 0 Å². The molecule has 23 heavy (non-hydrogen) atoms. The summed E-state index contributed by atoms with van der Waals surface area (Å²) < 4.78 is 0. The van der Waals surface area contributed by atoms with Crippen LogP contribution in [0.2, 0.25) is 0 Å². The lowest BCUT2D eigenvalue weighted by Crippen LogP contribution is -2.34. The van der Waals surface area contributed by atoms with Gasteiger partial charge in [-0.2, -0.15) is 0 Å². The van der Waals surface area contributed by atoms with Crippen molar-refractivity contribution in [2.75, 3.05) is 5.32 Å². The summed E-state index contributed by atoms with van der Waals surface area (Å²) in [5.74, 6) is -0.191. The topological polar surface area (TPSA) is 49.4 Å². The van der Waals surface area contributed by atoms with Crippen LogP contribution in [0.1, 0.15) is 16.7 Å². The Hall–Kier alpha value is -2.27. The van der Waals surface area contributed by atoms with Crippen molar-refractivity contribution in [3.05, 3.63) is 65.2 Å². The van der Waals surface area contributed by atoms with Crippen LogP contribution in [0.3, 0.4) is 0 Å². The van der Waals surface area contributed by atoms with E-state index in [2.05, 4.69) is 11.4 Å². The summed E-state index contributed by atoms with van der Waals surface area (Å²) in [6, 6.07) is 15.5. The van der Waals surface area contributed by atoms with E-state index in [1.165, 1.54) is 10.5 Å². The zero-order valence-electron chi connectivity index (χ0n) is 13.1. The van der Waals surface area contributed by atoms with Gasteiger partial charge in [-0.1, -0.05) is 48.0 Å². The predicted octanol–water partition coefficient (Wildman–Crippen LogP) is 3.94. The number of amides is 2. The molecule has 5 heteroatoms. The number of hydrogen-bond donors (Lipinski definition) is 1.